The van der Waals surface area contributed by atoms with Crippen molar-refractivity contribution in [3.8, 4) is 17.4 Å². The second-order valence-corrected chi connectivity index (χ2v) is 8.48. The van der Waals surface area contributed by atoms with Gasteiger partial charge in [-0.25, -0.2) is 17.8 Å². The van der Waals surface area contributed by atoms with E-state index in [-0.39, 0.29) is 39.1 Å². The van der Waals surface area contributed by atoms with Crippen LogP contribution in [0.4, 0.5) is 10.2 Å². The largest absolute Gasteiger partial charge is 0.495 e. The summed E-state index contributed by atoms with van der Waals surface area (Å²) in [5, 5.41) is 8.10. The highest BCUT2D eigenvalue weighted by Crippen LogP contribution is 2.38. The first kappa shape index (κ1) is 22.3. The molecule has 11 nitrogen and oxygen atoms in total. The van der Waals surface area contributed by atoms with Crippen molar-refractivity contribution < 1.29 is 31.5 Å². The molecule has 1 N–H and O–H groups in total. The maximum Gasteiger partial charge on any atom is 0.272 e. The van der Waals surface area contributed by atoms with Crippen LogP contribution in [0.3, 0.4) is 0 Å². The predicted octanol–water partition coefficient (Wildman–Crippen LogP) is 2.90. The van der Waals surface area contributed by atoms with Crippen LogP contribution in [0.1, 0.15) is 11.3 Å². The van der Waals surface area contributed by atoms with Crippen LogP contribution in [0.2, 0.25) is 0 Å². The lowest BCUT2D eigenvalue weighted by atomic mass is 10.1. The summed E-state index contributed by atoms with van der Waals surface area (Å²) in [4.78, 5) is 3.78. The Hall–Kier alpha value is -3.87. The van der Waals surface area contributed by atoms with Crippen molar-refractivity contribution in [3.63, 3.8) is 0 Å². The molecule has 0 fully saturated rings. The van der Waals surface area contributed by atoms with Crippen molar-refractivity contribution in [3.05, 3.63) is 47.9 Å². The van der Waals surface area contributed by atoms with E-state index in [0.717, 1.165) is 0 Å². The van der Waals surface area contributed by atoms with Gasteiger partial charge in [-0.05, 0) is 30.7 Å². The van der Waals surface area contributed by atoms with Gasteiger partial charge in [0.1, 0.15) is 16.9 Å². The lowest BCUT2D eigenvalue weighted by Crippen LogP contribution is -2.16. The Bertz CT molecular complexity index is 1360. The normalized spacial score (nSPS) is 11.5. The number of aryl methyl sites for hydroxylation is 1. The van der Waals surface area contributed by atoms with E-state index >= 15 is 0 Å². The van der Waals surface area contributed by atoms with Gasteiger partial charge in [-0.3, -0.25) is 9.40 Å². The van der Waals surface area contributed by atoms with Crippen LogP contribution in [0.25, 0.3) is 11.0 Å². The first-order valence-corrected chi connectivity index (χ1v) is 11.1. The highest BCUT2D eigenvalue weighted by Gasteiger charge is 2.29. The number of hydrogen-bond donors (Lipinski definition) is 1. The topological polar surface area (TPSA) is 131 Å². The third-order valence-corrected chi connectivity index (χ3v) is 6.04. The number of aromatic nitrogens is 4. The number of nitrogens with zero attached hydrogens (tertiary/aromatic N) is 4. The number of halogens is 1. The third kappa shape index (κ3) is 4.39. The van der Waals surface area contributed by atoms with E-state index in [1.54, 1.807) is 42.2 Å². The molecule has 0 aliphatic carbocycles. The molecule has 4 rings (SSSR count). The van der Waals surface area contributed by atoms with Gasteiger partial charge >= 0.3 is 0 Å². The monoisotopic (exact) mass is 477 g/mol. The fourth-order valence-corrected chi connectivity index (χ4v) is 4.59. The fraction of sp³-hybridized carbons (Fsp3) is 0.250. The predicted molar refractivity (Wildman–Crippen MR) is 115 cm³/mol. The molecule has 0 amide bonds. The Kier molecular flexibility index (Phi) is 6.05. The molecule has 0 radical (unpaired) electrons. The minimum atomic E-state index is -4.31. The van der Waals surface area contributed by atoms with Gasteiger partial charge in [0.05, 0.1) is 20.8 Å². The van der Waals surface area contributed by atoms with E-state index in [1.165, 1.54) is 20.3 Å². The molecule has 0 aliphatic heterocycles. The molecule has 0 unspecified atom stereocenters. The highest BCUT2D eigenvalue weighted by atomic mass is 32.2. The first-order chi connectivity index (χ1) is 15.9. The Morgan fingerprint density at radius 1 is 1.18 bits per heavy atom. The number of anilines is 1. The molecule has 0 spiro atoms. The molecule has 4 aromatic rings. The van der Waals surface area contributed by atoms with Crippen molar-refractivity contribution in [2.45, 2.75) is 18.4 Å². The molecule has 3 heterocycles. The molecule has 0 aliphatic rings. The summed E-state index contributed by atoms with van der Waals surface area (Å²) >= 11 is 0. The first-order valence-electron chi connectivity index (χ1n) is 9.57. The number of methoxy groups -OCH3 is 2. The summed E-state index contributed by atoms with van der Waals surface area (Å²) < 4.78 is 64.4. The molecular weight excluding hydrogens is 457 g/mol. The zero-order chi connectivity index (χ0) is 23.6. The molecule has 13 heteroatoms. The maximum atomic E-state index is 13.2. The van der Waals surface area contributed by atoms with Crippen LogP contribution in [0, 0.1) is 6.92 Å². The Morgan fingerprint density at radius 3 is 2.67 bits per heavy atom. The van der Waals surface area contributed by atoms with Crippen molar-refractivity contribution >= 4 is 26.8 Å². The zero-order valence-electron chi connectivity index (χ0n) is 17.9. The number of hydrogen-bond acceptors (Lipinski definition) is 9. The standard InChI is InChI=1S/C20H20FN5O6S/c1-12-7-16(29-2)18(20(23-12)30-3)33(27,28)25-19-17-14(31-11-21)8-13(9-15(17)32-24-19)10-26-6-4-5-22-26/h4-9H,10-11H2,1-3H3,(H,24,25). The second kappa shape index (κ2) is 8.94. The molecule has 3 aromatic heterocycles. The van der Waals surface area contributed by atoms with Crippen LogP contribution in [0.5, 0.6) is 17.4 Å². The van der Waals surface area contributed by atoms with Crippen molar-refractivity contribution in [2.24, 2.45) is 0 Å². The van der Waals surface area contributed by atoms with Crippen LogP contribution < -0.4 is 18.9 Å². The Morgan fingerprint density at radius 2 is 2.00 bits per heavy atom. The summed E-state index contributed by atoms with van der Waals surface area (Å²) in [7, 11) is -1.69. The molecular formula is C20H20FN5O6S. The van der Waals surface area contributed by atoms with Gasteiger partial charge in [0.2, 0.25) is 12.7 Å². The third-order valence-electron chi connectivity index (χ3n) is 4.66. The quantitative estimate of drug-likeness (QED) is 0.387. The van der Waals surface area contributed by atoms with Crippen molar-refractivity contribution in [1.82, 2.24) is 19.9 Å². The number of sulfonamides is 1. The van der Waals surface area contributed by atoms with Gasteiger partial charge in [0.25, 0.3) is 10.0 Å². The lowest BCUT2D eigenvalue weighted by Gasteiger charge is -2.14. The smallest absolute Gasteiger partial charge is 0.272 e. The minimum absolute atomic E-state index is 0.0291. The van der Waals surface area contributed by atoms with Gasteiger partial charge in [0, 0.05) is 24.2 Å². The van der Waals surface area contributed by atoms with Gasteiger partial charge in [-0.1, -0.05) is 5.16 Å². The summed E-state index contributed by atoms with van der Waals surface area (Å²) in [5.74, 6) is -0.267. The van der Waals surface area contributed by atoms with E-state index in [1.807, 2.05) is 0 Å². The van der Waals surface area contributed by atoms with Crippen molar-refractivity contribution in [2.75, 3.05) is 25.8 Å². The van der Waals surface area contributed by atoms with Crippen LogP contribution in [-0.2, 0) is 16.6 Å². The van der Waals surface area contributed by atoms with E-state index in [0.29, 0.717) is 17.8 Å². The number of alkyl halides is 1. The minimum Gasteiger partial charge on any atom is -0.495 e. The fourth-order valence-electron chi connectivity index (χ4n) is 3.32. The van der Waals surface area contributed by atoms with Gasteiger partial charge in [-0.2, -0.15) is 5.10 Å². The summed E-state index contributed by atoms with van der Waals surface area (Å²) in [6.45, 7) is 0.888. The molecule has 33 heavy (non-hydrogen) atoms. The lowest BCUT2D eigenvalue weighted by molar-refractivity contribution is 0.194. The number of rotatable bonds is 9. The van der Waals surface area contributed by atoms with Crippen LogP contribution in [-0.4, -0.2) is 49.4 Å². The van der Waals surface area contributed by atoms with Gasteiger partial charge in [-0.15, -0.1) is 0 Å². The Balaban J connectivity index is 1.78. The SMILES string of the molecule is COc1cc(C)nc(OC)c1S(=O)(=O)Nc1noc2cc(Cn3cccn3)cc(OCF)c12. The average Bonchev–Trinajstić information content (AvgIpc) is 3.43. The van der Waals surface area contributed by atoms with Crippen LogP contribution >= 0.6 is 0 Å². The number of pyridine rings is 1. The van der Waals surface area contributed by atoms with E-state index in [2.05, 4.69) is 20.0 Å². The molecule has 0 saturated heterocycles. The molecule has 174 valence electrons. The summed E-state index contributed by atoms with van der Waals surface area (Å²) in [5.41, 5.74) is 1.38. The van der Waals surface area contributed by atoms with Gasteiger partial charge < -0.3 is 18.7 Å². The van der Waals surface area contributed by atoms with E-state index in [9.17, 15) is 12.8 Å². The number of nitrogens with one attached hydrogen (secondary N) is 1. The van der Waals surface area contributed by atoms with E-state index < -0.39 is 16.9 Å². The van der Waals surface area contributed by atoms with Crippen LogP contribution in [0.15, 0.2) is 46.1 Å². The van der Waals surface area contributed by atoms with Crippen molar-refractivity contribution in [1.29, 1.82) is 0 Å². The van der Waals surface area contributed by atoms with Gasteiger partial charge in [0.15, 0.2) is 16.3 Å². The maximum absolute atomic E-state index is 13.2. The molecule has 0 bridgehead atoms. The average molecular weight is 477 g/mol. The summed E-state index contributed by atoms with van der Waals surface area (Å²) in [6, 6.07) is 6.42. The number of fused-ring (bicyclic) bond motifs is 1. The number of benzene rings is 1. The molecule has 0 atom stereocenters. The van der Waals surface area contributed by atoms with E-state index in [4.69, 9.17) is 18.7 Å². The zero-order valence-corrected chi connectivity index (χ0v) is 18.7. The highest BCUT2D eigenvalue weighted by molar-refractivity contribution is 7.93. The summed E-state index contributed by atoms with van der Waals surface area (Å²) in [6.07, 6.45) is 3.39. The second-order valence-electron chi connectivity index (χ2n) is 6.87. The Labute approximate surface area is 188 Å². The molecule has 0 saturated carbocycles. The number of ether oxygens (including phenoxy) is 3. The molecule has 1 aromatic carbocycles.